The molecule has 0 bridgehead atoms. The van der Waals surface area contributed by atoms with E-state index in [9.17, 15) is 4.39 Å². The van der Waals surface area contributed by atoms with E-state index >= 15 is 0 Å². The van der Waals surface area contributed by atoms with E-state index in [1.165, 1.54) is 0 Å². The Hall–Kier alpha value is -1.90. The molecule has 0 N–H and O–H groups in total. The zero-order chi connectivity index (χ0) is 12.1. The van der Waals surface area contributed by atoms with Crippen LogP contribution in [0.5, 0.6) is 5.75 Å². The third-order valence-electron chi connectivity index (χ3n) is 2.50. The first-order chi connectivity index (χ1) is 8.27. The molecule has 17 heavy (non-hydrogen) atoms. The predicted octanol–water partition coefficient (Wildman–Crippen LogP) is 3.15. The maximum absolute atomic E-state index is 13.6. The zero-order valence-corrected chi connectivity index (χ0v) is 9.69. The van der Waals surface area contributed by atoms with Crippen molar-refractivity contribution in [2.75, 3.05) is 6.61 Å². The summed E-state index contributed by atoms with van der Waals surface area (Å²) < 4.78 is 19.0. The summed E-state index contributed by atoms with van der Waals surface area (Å²) in [5.41, 5.74) is 1.54. The smallest absolute Gasteiger partial charge is 0.167 e. The second-order valence-electron chi connectivity index (χ2n) is 3.81. The lowest BCUT2D eigenvalue weighted by Gasteiger charge is -2.08. The van der Waals surface area contributed by atoms with E-state index < -0.39 is 0 Å². The van der Waals surface area contributed by atoms with Crippen molar-refractivity contribution in [3.63, 3.8) is 0 Å². The lowest BCUT2D eigenvalue weighted by atomic mass is 10.2. The maximum atomic E-state index is 13.6. The van der Waals surface area contributed by atoms with Gasteiger partial charge in [-0.3, -0.25) is 4.98 Å². The fourth-order valence-corrected chi connectivity index (χ4v) is 1.54. The monoisotopic (exact) mass is 231 g/mol. The van der Waals surface area contributed by atoms with Gasteiger partial charge in [0, 0.05) is 18.3 Å². The molecule has 2 rings (SSSR count). The molecule has 1 aromatic carbocycles. The summed E-state index contributed by atoms with van der Waals surface area (Å²) in [6.45, 7) is 2.15. The highest BCUT2D eigenvalue weighted by molar-refractivity contribution is 5.30. The van der Waals surface area contributed by atoms with Crippen LogP contribution in [0.3, 0.4) is 0 Å². The van der Waals surface area contributed by atoms with Gasteiger partial charge < -0.3 is 4.74 Å². The van der Waals surface area contributed by atoms with Crippen LogP contribution in [-0.2, 0) is 6.42 Å². The van der Waals surface area contributed by atoms with Crippen LogP contribution in [0.1, 0.15) is 11.3 Å². The molecule has 0 aliphatic carbocycles. The van der Waals surface area contributed by atoms with Crippen LogP contribution >= 0.6 is 0 Å². The van der Waals surface area contributed by atoms with Gasteiger partial charge in [-0.2, -0.15) is 0 Å². The Morgan fingerprint density at radius 2 is 2.06 bits per heavy atom. The van der Waals surface area contributed by atoms with Crippen LogP contribution in [0.4, 0.5) is 4.39 Å². The number of benzene rings is 1. The molecule has 2 nitrogen and oxygen atoms in total. The average Bonchev–Trinajstić information content (AvgIpc) is 2.36. The van der Waals surface area contributed by atoms with Crippen molar-refractivity contribution >= 4 is 0 Å². The van der Waals surface area contributed by atoms with Gasteiger partial charge in [0.05, 0.1) is 6.61 Å². The normalized spacial score (nSPS) is 10.2. The molecule has 0 radical (unpaired) electrons. The summed E-state index contributed by atoms with van der Waals surface area (Å²) in [5, 5.41) is 0. The second-order valence-corrected chi connectivity index (χ2v) is 3.81. The minimum atomic E-state index is -0.284. The molecule has 3 heteroatoms. The van der Waals surface area contributed by atoms with Crippen LogP contribution in [0, 0.1) is 12.7 Å². The molecule has 0 saturated carbocycles. The van der Waals surface area contributed by atoms with E-state index in [1.54, 1.807) is 31.3 Å². The van der Waals surface area contributed by atoms with Crippen LogP contribution in [0.15, 0.2) is 42.6 Å². The Morgan fingerprint density at radius 1 is 1.18 bits per heavy atom. The van der Waals surface area contributed by atoms with E-state index in [-0.39, 0.29) is 5.82 Å². The van der Waals surface area contributed by atoms with E-state index in [4.69, 9.17) is 4.74 Å². The highest BCUT2D eigenvalue weighted by Gasteiger charge is 2.05. The zero-order valence-electron chi connectivity index (χ0n) is 9.69. The number of pyridine rings is 1. The highest BCUT2D eigenvalue weighted by atomic mass is 19.1. The lowest BCUT2D eigenvalue weighted by molar-refractivity contribution is 0.303. The van der Waals surface area contributed by atoms with Gasteiger partial charge in [-0.15, -0.1) is 0 Å². The van der Waals surface area contributed by atoms with E-state index in [2.05, 4.69) is 4.98 Å². The van der Waals surface area contributed by atoms with Crippen LogP contribution in [0.2, 0.25) is 0 Å². The highest BCUT2D eigenvalue weighted by Crippen LogP contribution is 2.19. The second kappa shape index (κ2) is 5.43. The molecule has 0 spiro atoms. The molecule has 88 valence electrons. The van der Waals surface area contributed by atoms with E-state index in [0.29, 0.717) is 24.3 Å². The minimum absolute atomic E-state index is 0.284. The molecule has 0 unspecified atom stereocenters. The molecule has 2 aromatic rings. The third-order valence-corrected chi connectivity index (χ3v) is 2.50. The van der Waals surface area contributed by atoms with E-state index in [0.717, 1.165) is 5.69 Å². The number of hydrogen-bond donors (Lipinski definition) is 0. The maximum Gasteiger partial charge on any atom is 0.167 e. The van der Waals surface area contributed by atoms with Crippen molar-refractivity contribution < 1.29 is 9.13 Å². The number of ether oxygens (including phenoxy) is 1. The number of aromatic nitrogens is 1. The van der Waals surface area contributed by atoms with Crippen LogP contribution < -0.4 is 4.74 Å². The van der Waals surface area contributed by atoms with Crippen molar-refractivity contribution in [1.82, 2.24) is 4.98 Å². The summed E-state index contributed by atoms with van der Waals surface area (Å²) in [5.74, 6) is 0.0226. The van der Waals surface area contributed by atoms with Gasteiger partial charge >= 0.3 is 0 Å². The Morgan fingerprint density at radius 3 is 2.82 bits per heavy atom. The van der Waals surface area contributed by atoms with Crippen molar-refractivity contribution in [1.29, 1.82) is 0 Å². The van der Waals surface area contributed by atoms with Gasteiger partial charge in [-0.1, -0.05) is 18.2 Å². The van der Waals surface area contributed by atoms with Gasteiger partial charge in [0.1, 0.15) is 0 Å². The Bertz CT molecular complexity index is 485. The minimum Gasteiger partial charge on any atom is -0.490 e. The van der Waals surface area contributed by atoms with Crippen molar-refractivity contribution in [3.8, 4) is 5.75 Å². The summed E-state index contributed by atoms with van der Waals surface area (Å²) in [7, 11) is 0. The van der Waals surface area contributed by atoms with Gasteiger partial charge in [-0.05, 0) is 30.7 Å². The lowest BCUT2D eigenvalue weighted by Crippen LogP contribution is -2.04. The topological polar surface area (TPSA) is 22.1 Å². The molecule has 0 amide bonds. The summed E-state index contributed by atoms with van der Waals surface area (Å²) >= 11 is 0. The van der Waals surface area contributed by atoms with Gasteiger partial charge in [0.15, 0.2) is 11.6 Å². The first kappa shape index (κ1) is 11.6. The summed E-state index contributed by atoms with van der Waals surface area (Å²) in [4.78, 5) is 4.18. The fraction of sp³-hybridized carbons (Fsp3) is 0.214. The number of rotatable bonds is 4. The molecule has 0 fully saturated rings. The molecule has 0 aliphatic rings. The quantitative estimate of drug-likeness (QED) is 0.806. The molecule has 1 aromatic heterocycles. The number of halogens is 1. The Labute approximate surface area is 100 Å². The first-order valence-electron chi connectivity index (χ1n) is 5.55. The summed E-state index contributed by atoms with van der Waals surface area (Å²) in [6.07, 6.45) is 2.41. The molecular weight excluding hydrogens is 217 g/mol. The van der Waals surface area contributed by atoms with Gasteiger partial charge in [0.25, 0.3) is 0 Å². The molecule has 1 heterocycles. The summed E-state index contributed by atoms with van der Waals surface area (Å²) in [6, 6.07) is 10.9. The van der Waals surface area contributed by atoms with Gasteiger partial charge in [0.2, 0.25) is 0 Å². The standard InChI is InChI=1S/C14H14FNO/c1-11-5-4-7-13(14(11)15)17-10-8-12-6-2-3-9-16-12/h2-7,9H,8,10H2,1H3. The Balaban J connectivity index is 1.93. The molecule has 0 aliphatic heterocycles. The van der Waals surface area contributed by atoms with Crippen LogP contribution in [-0.4, -0.2) is 11.6 Å². The molecule has 0 atom stereocenters. The Kier molecular flexibility index (Phi) is 3.70. The fourth-order valence-electron chi connectivity index (χ4n) is 1.54. The number of aryl methyl sites for hydroxylation is 1. The predicted molar refractivity (Wildman–Crippen MR) is 64.6 cm³/mol. The first-order valence-corrected chi connectivity index (χ1v) is 5.55. The van der Waals surface area contributed by atoms with Crippen LogP contribution in [0.25, 0.3) is 0 Å². The number of nitrogens with zero attached hydrogens (tertiary/aromatic N) is 1. The van der Waals surface area contributed by atoms with Crippen molar-refractivity contribution in [3.05, 3.63) is 59.7 Å². The van der Waals surface area contributed by atoms with E-state index in [1.807, 2.05) is 18.2 Å². The third kappa shape index (κ3) is 3.03. The van der Waals surface area contributed by atoms with Gasteiger partial charge in [-0.25, -0.2) is 4.39 Å². The van der Waals surface area contributed by atoms with Crippen molar-refractivity contribution in [2.45, 2.75) is 13.3 Å². The molecular formula is C14H14FNO. The SMILES string of the molecule is Cc1cccc(OCCc2ccccn2)c1F. The van der Waals surface area contributed by atoms with Crippen molar-refractivity contribution in [2.24, 2.45) is 0 Å². The molecule has 0 saturated heterocycles. The average molecular weight is 231 g/mol. The largest absolute Gasteiger partial charge is 0.490 e. The number of hydrogen-bond acceptors (Lipinski definition) is 2.